The molecule has 0 aliphatic heterocycles. The first-order valence-electron chi connectivity index (χ1n) is 5.30. The van der Waals surface area contributed by atoms with Crippen LogP contribution in [0.1, 0.15) is 16.1 Å². The van der Waals surface area contributed by atoms with Crippen LogP contribution in [-0.4, -0.2) is 10.9 Å². The molecule has 84 valence electrons. The van der Waals surface area contributed by atoms with Crippen LogP contribution in [0.25, 0.3) is 10.6 Å². The van der Waals surface area contributed by atoms with E-state index in [1.807, 2.05) is 0 Å². The average molecular weight is 252 g/mol. The third kappa shape index (κ3) is 2.45. The Bertz CT molecular complexity index is 490. The van der Waals surface area contributed by atoms with Crippen molar-refractivity contribution >= 4 is 22.9 Å². The van der Waals surface area contributed by atoms with E-state index in [1.165, 1.54) is 16.0 Å². The van der Waals surface area contributed by atoms with Gasteiger partial charge < -0.3 is 0 Å². The summed E-state index contributed by atoms with van der Waals surface area (Å²) in [5, 5.41) is 1.10. The lowest BCUT2D eigenvalue weighted by atomic mass is 10.1. The highest BCUT2D eigenvalue weighted by atomic mass is 35.5. The zero-order valence-electron chi connectivity index (χ0n) is 9.46. The predicted octanol–water partition coefficient (Wildman–Crippen LogP) is 4.21. The number of hydrogen-bond acceptors (Lipinski definition) is 2. The number of alkyl halides is 1. The maximum Gasteiger partial charge on any atom is 0.123 e. The average Bonchev–Trinajstić information content (AvgIpc) is 2.61. The second-order valence-electron chi connectivity index (χ2n) is 3.84. The van der Waals surface area contributed by atoms with Gasteiger partial charge in [-0.15, -0.1) is 22.9 Å². The van der Waals surface area contributed by atoms with E-state index in [2.05, 4.69) is 43.1 Å². The minimum absolute atomic E-state index is 0.663. The van der Waals surface area contributed by atoms with Crippen molar-refractivity contribution in [2.45, 2.75) is 20.3 Å². The van der Waals surface area contributed by atoms with Crippen molar-refractivity contribution in [3.63, 3.8) is 0 Å². The van der Waals surface area contributed by atoms with E-state index in [0.717, 1.165) is 17.1 Å². The summed E-state index contributed by atoms with van der Waals surface area (Å²) >= 11 is 7.52. The molecule has 0 aliphatic carbocycles. The van der Waals surface area contributed by atoms with Crippen molar-refractivity contribution in [2.24, 2.45) is 0 Å². The van der Waals surface area contributed by atoms with Crippen LogP contribution in [0.3, 0.4) is 0 Å². The van der Waals surface area contributed by atoms with Crippen molar-refractivity contribution in [1.29, 1.82) is 0 Å². The molecule has 1 aromatic carbocycles. The molecular formula is C13H14ClNS. The summed E-state index contributed by atoms with van der Waals surface area (Å²) in [5.41, 5.74) is 3.58. The van der Waals surface area contributed by atoms with E-state index < -0.39 is 0 Å². The standard InChI is InChI=1S/C13H14ClNS/c1-9-4-3-5-11(8-9)13-15-10(2)12(16-13)6-7-14/h3-5,8H,6-7H2,1-2H3. The Morgan fingerprint density at radius 3 is 2.81 bits per heavy atom. The Balaban J connectivity index is 2.37. The quantitative estimate of drug-likeness (QED) is 0.745. The summed E-state index contributed by atoms with van der Waals surface area (Å²) in [6.07, 6.45) is 0.914. The topological polar surface area (TPSA) is 12.9 Å². The van der Waals surface area contributed by atoms with Crippen molar-refractivity contribution in [2.75, 3.05) is 5.88 Å². The fourth-order valence-corrected chi connectivity index (χ4v) is 3.01. The highest BCUT2D eigenvalue weighted by molar-refractivity contribution is 7.15. The van der Waals surface area contributed by atoms with E-state index >= 15 is 0 Å². The van der Waals surface area contributed by atoms with E-state index in [-0.39, 0.29) is 0 Å². The minimum Gasteiger partial charge on any atom is -0.241 e. The van der Waals surface area contributed by atoms with Crippen molar-refractivity contribution in [3.8, 4) is 10.6 Å². The number of nitrogens with zero attached hydrogens (tertiary/aromatic N) is 1. The molecule has 0 N–H and O–H groups in total. The summed E-state index contributed by atoms with van der Waals surface area (Å²) in [6, 6.07) is 8.45. The Labute approximate surface area is 105 Å². The summed E-state index contributed by atoms with van der Waals surface area (Å²) in [7, 11) is 0. The SMILES string of the molecule is Cc1cccc(-c2nc(C)c(CCCl)s2)c1. The summed E-state index contributed by atoms with van der Waals surface area (Å²) in [5.74, 6) is 0.663. The molecule has 2 aromatic rings. The fourth-order valence-electron chi connectivity index (χ4n) is 1.65. The van der Waals surface area contributed by atoms with Gasteiger partial charge in [0.05, 0.1) is 5.69 Å². The molecule has 1 aromatic heterocycles. The number of benzene rings is 1. The van der Waals surface area contributed by atoms with Gasteiger partial charge >= 0.3 is 0 Å². The highest BCUT2D eigenvalue weighted by Crippen LogP contribution is 2.28. The number of rotatable bonds is 3. The molecule has 0 saturated heterocycles. The molecule has 0 unspecified atom stereocenters. The molecule has 0 amide bonds. The number of halogens is 1. The minimum atomic E-state index is 0.663. The molecule has 1 nitrogen and oxygen atoms in total. The van der Waals surface area contributed by atoms with Gasteiger partial charge in [-0.25, -0.2) is 4.98 Å². The number of aryl methyl sites for hydroxylation is 3. The zero-order chi connectivity index (χ0) is 11.5. The van der Waals surface area contributed by atoms with Gasteiger partial charge in [0.25, 0.3) is 0 Å². The molecule has 16 heavy (non-hydrogen) atoms. The maximum absolute atomic E-state index is 5.77. The molecule has 3 heteroatoms. The molecule has 0 aliphatic rings. The van der Waals surface area contributed by atoms with E-state index in [0.29, 0.717) is 5.88 Å². The fraction of sp³-hybridized carbons (Fsp3) is 0.308. The lowest BCUT2D eigenvalue weighted by Gasteiger charge is -1.97. The molecule has 2 rings (SSSR count). The first-order valence-corrected chi connectivity index (χ1v) is 6.65. The number of aromatic nitrogens is 1. The van der Waals surface area contributed by atoms with Gasteiger partial charge in [0, 0.05) is 16.3 Å². The van der Waals surface area contributed by atoms with Crippen LogP contribution in [0.2, 0.25) is 0 Å². The first-order chi connectivity index (χ1) is 7.70. The first kappa shape index (κ1) is 11.6. The molecule has 0 saturated carbocycles. The monoisotopic (exact) mass is 251 g/mol. The molecule has 0 atom stereocenters. The molecular weight excluding hydrogens is 238 g/mol. The van der Waals surface area contributed by atoms with E-state index in [4.69, 9.17) is 11.6 Å². The van der Waals surface area contributed by atoms with E-state index in [1.54, 1.807) is 11.3 Å². The van der Waals surface area contributed by atoms with Crippen LogP contribution in [0.4, 0.5) is 0 Å². The third-order valence-corrected chi connectivity index (χ3v) is 3.93. The predicted molar refractivity (Wildman–Crippen MR) is 71.4 cm³/mol. The van der Waals surface area contributed by atoms with Gasteiger partial charge in [0.15, 0.2) is 0 Å². The van der Waals surface area contributed by atoms with Crippen LogP contribution in [0.15, 0.2) is 24.3 Å². The van der Waals surface area contributed by atoms with Crippen molar-refractivity contribution in [3.05, 3.63) is 40.4 Å². The summed E-state index contributed by atoms with van der Waals surface area (Å²) in [6.45, 7) is 4.15. The Hall–Kier alpha value is -0.860. The molecule has 0 fully saturated rings. The van der Waals surface area contributed by atoms with Crippen LogP contribution in [-0.2, 0) is 6.42 Å². The molecule has 1 heterocycles. The van der Waals surface area contributed by atoms with Gasteiger partial charge in [-0.1, -0.05) is 23.8 Å². The van der Waals surface area contributed by atoms with Crippen LogP contribution >= 0.6 is 22.9 Å². The zero-order valence-corrected chi connectivity index (χ0v) is 11.0. The van der Waals surface area contributed by atoms with Crippen LogP contribution < -0.4 is 0 Å². The summed E-state index contributed by atoms with van der Waals surface area (Å²) < 4.78 is 0. The summed E-state index contributed by atoms with van der Waals surface area (Å²) in [4.78, 5) is 5.90. The van der Waals surface area contributed by atoms with Gasteiger partial charge in [-0.2, -0.15) is 0 Å². The van der Waals surface area contributed by atoms with Crippen molar-refractivity contribution < 1.29 is 0 Å². The second-order valence-corrected chi connectivity index (χ2v) is 5.30. The Morgan fingerprint density at radius 2 is 2.12 bits per heavy atom. The Kier molecular flexibility index (Phi) is 3.62. The van der Waals surface area contributed by atoms with Gasteiger partial charge in [0.1, 0.15) is 5.01 Å². The number of thiazole rings is 1. The van der Waals surface area contributed by atoms with Gasteiger partial charge in [-0.05, 0) is 26.3 Å². The normalized spacial score (nSPS) is 10.7. The van der Waals surface area contributed by atoms with Gasteiger partial charge in [0.2, 0.25) is 0 Å². The largest absolute Gasteiger partial charge is 0.241 e. The smallest absolute Gasteiger partial charge is 0.123 e. The number of hydrogen-bond donors (Lipinski definition) is 0. The highest BCUT2D eigenvalue weighted by Gasteiger charge is 2.08. The lowest BCUT2D eigenvalue weighted by molar-refractivity contribution is 1.12. The Morgan fingerprint density at radius 1 is 1.31 bits per heavy atom. The third-order valence-electron chi connectivity index (χ3n) is 2.48. The van der Waals surface area contributed by atoms with E-state index in [9.17, 15) is 0 Å². The van der Waals surface area contributed by atoms with Crippen LogP contribution in [0.5, 0.6) is 0 Å². The molecule has 0 radical (unpaired) electrons. The van der Waals surface area contributed by atoms with Gasteiger partial charge in [-0.3, -0.25) is 0 Å². The molecule has 0 bridgehead atoms. The lowest BCUT2D eigenvalue weighted by Crippen LogP contribution is -1.84. The maximum atomic E-state index is 5.77. The second kappa shape index (κ2) is 4.98. The van der Waals surface area contributed by atoms with Crippen molar-refractivity contribution in [1.82, 2.24) is 4.98 Å². The molecule has 0 spiro atoms. The van der Waals surface area contributed by atoms with Crippen LogP contribution in [0, 0.1) is 13.8 Å².